The van der Waals surface area contributed by atoms with Crippen LogP contribution < -0.4 is 0 Å². The predicted molar refractivity (Wildman–Crippen MR) is 43.4 cm³/mol. The number of aromatic hydroxyl groups is 1. The third kappa shape index (κ3) is 2.39. The first-order valence-corrected chi connectivity index (χ1v) is 3.85. The van der Waals surface area contributed by atoms with Gasteiger partial charge in [0.25, 0.3) is 0 Å². The van der Waals surface area contributed by atoms with Crippen molar-refractivity contribution in [3.63, 3.8) is 0 Å². The van der Waals surface area contributed by atoms with E-state index in [0.717, 1.165) is 6.07 Å². The average molecular weight is 188 g/mol. The summed E-state index contributed by atoms with van der Waals surface area (Å²) >= 11 is 0. The second-order valence-electron chi connectivity index (χ2n) is 2.95. The van der Waals surface area contributed by atoms with Gasteiger partial charge in [0.15, 0.2) is 11.6 Å². The molecule has 1 aromatic carbocycles. The molecular weight excluding hydrogens is 178 g/mol. The van der Waals surface area contributed by atoms with Crippen LogP contribution in [0.4, 0.5) is 8.78 Å². The number of halogens is 2. The zero-order valence-electron chi connectivity index (χ0n) is 7.09. The Balaban J connectivity index is 3.05. The van der Waals surface area contributed by atoms with Crippen molar-refractivity contribution in [1.29, 1.82) is 0 Å². The number of aliphatic hydroxyl groups excluding tert-OH is 1. The lowest BCUT2D eigenvalue weighted by Crippen LogP contribution is -2.05. The SMILES string of the molecule is C[C@H](O)Cc1cc(F)cc(F)c1O. The molecule has 0 aromatic heterocycles. The molecule has 0 aliphatic heterocycles. The Morgan fingerprint density at radius 2 is 2.00 bits per heavy atom. The molecule has 0 aliphatic carbocycles. The smallest absolute Gasteiger partial charge is 0.168 e. The summed E-state index contributed by atoms with van der Waals surface area (Å²) in [6.07, 6.45) is -0.715. The predicted octanol–water partition coefficient (Wildman–Crippen LogP) is 1.59. The van der Waals surface area contributed by atoms with Crippen LogP contribution in [-0.2, 0) is 6.42 Å². The number of hydrogen-bond donors (Lipinski definition) is 2. The Morgan fingerprint density at radius 1 is 1.38 bits per heavy atom. The summed E-state index contributed by atoms with van der Waals surface area (Å²) in [5.41, 5.74) is 0.0764. The molecule has 0 heterocycles. The second-order valence-corrected chi connectivity index (χ2v) is 2.95. The third-order valence-corrected chi connectivity index (χ3v) is 1.62. The first kappa shape index (κ1) is 9.92. The van der Waals surface area contributed by atoms with Gasteiger partial charge in [-0.15, -0.1) is 0 Å². The van der Waals surface area contributed by atoms with E-state index in [9.17, 15) is 8.78 Å². The Hall–Kier alpha value is -1.16. The molecule has 1 rings (SSSR count). The molecule has 0 bridgehead atoms. The number of rotatable bonds is 2. The zero-order chi connectivity index (χ0) is 10.0. The van der Waals surface area contributed by atoms with Crippen molar-refractivity contribution in [1.82, 2.24) is 0 Å². The molecule has 72 valence electrons. The monoisotopic (exact) mass is 188 g/mol. The Kier molecular flexibility index (Phi) is 2.83. The number of aliphatic hydroxyl groups is 1. The lowest BCUT2D eigenvalue weighted by atomic mass is 10.1. The molecule has 0 saturated heterocycles. The maximum Gasteiger partial charge on any atom is 0.168 e. The highest BCUT2D eigenvalue weighted by atomic mass is 19.1. The summed E-state index contributed by atoms with van der Waals surface area (Å²) in [6, 6.07) is 1.60. The standard InChI is InChI=1S/C9H10F2O2/c1-5(12)2-6-3-7(10)4-8(11)9(6)13/h3-5,12-13H,2H2,1H3/t5-/m0/s1. The molecule has 2 N–H and O–H groups in total. The van der Waals surface area contributed by atoms with Crippen LogP contribution in [0.15, 0.2) is 12.1 Å². The van der Waals surface area contributed by atoms with E-state index in [0.29, 0.717) is 6.07 Å². The first-order valence-electron chi connectivity index (χ1n) is 3.85. The van der Waals surface area contributed by atoms with E-state index in [1.807, 2.05) is 0 Å². The largest absolute Gasteiger partial charge is 0.505 e. The first-order chi connectivity index (χ1) is 6.00. The normalized spacial score (nSPS) is 12.9. The van der Waals surface area contributed by atoms with Gasteiger partial charge in [-0.25, -0.2) is 8.78 Å². The number of phenolic OH excluding ortho intramolecular Hbond substituents is 1. The topological polar surface area (TPSA) is 40.5 Å². The van der Waals surface area contributed by atoms with Crippen LogP contribution >= 0.6 is 0 Å². The van der Waals surface area contributed by atoms with Gasteiger partial charge in [0.05, 0.1) is 6.10 Å². The quantitative estimate of drug-likeness (QED) is 0.739. The Bertz CT molecular complexity index is 311. The maximum atomic E-state index is 12.7. The van der Waals surface area contributed by atoms with Gasteiger partial charge in [-0.2, -0.15) is 0 Å². The van der Waals surface area contributed by atoms with Crippen LogP contribution in [0.3, 0.4) is 0 Å². The fourth-order valence-electron chi connectivity index (χ4n) is 1.09. The molecule has 4 heteroatoms. The van der Waals surface area contributed by atoms with Crippen molar-refractivity contribution in [3.8, 4) is 5.75 Å². The number of benzene rings is 1. The van der Waals surface area contributed by atoms with E-state index in [1.165, 1.54) is 6.92 Å². The van der Waals surface area contributed by atoms with Gasteiger partial charge in [-0.05, 0) is 13.0 Å². The highest BCUT2D eigenvalue weighted by molar-refractivity contribution is 5.34. The number of phenols is 1. The fourth-order valence-corrected chi connectivity index (χ4v) is 1.09. The van der Waals surface area contributed by atoms with Crippen molar-refractivity contribution in [2.24, 2.45) is 0 Å². The van der Waals surface area contributed by atoms with Gasteiger partial charge in [-0.3, -0.25) is 0 Å². The molecule has 0 fully saturated rings. The van der Waals surface area contributed by atoms with E-state index >= 15 is 0 Å². The summed E-state index contributed by atoms with van der Waals surface area (Å²) in [4.78, 5) is 0. The van der Waals surface area contributed by atoms with Crippen LogP contribution in [0.5, 0.6) is 5.75 Å². The lowest BCUT2D eigenvalue weighted by Gasteiger charge is -2.07. The van der Waals surface area contributed by atoms with E-state index in [2.05, 4.69) is 0 Å². The molecule has 13 heavy (non-hydrogen) atoms. The molecule has 0 saturated carbocycles. The van der Waals surface area contributed by atoms with Crippen LogP contribution in [-0.4, -0.2) is 16.3 Å². The van der Waals surface area contributed by atoms with Crippen molar-refractivity contribution >= 4 is 0 Å². The van der Waals surface area contributed by atoms with Crippen LogP contribution in [0.1, 0.15) is 12.5 Å². The maximum absolute atomic E-state index is 12.7. The van der Waals surface area contributed by atoms with E-state index in [1.54, 1.807) is 0 Å². The fraction of sp³-hybridized carbons (Fsp3) is 0.333. The molecule has 1 aromatic rings. The van der Waals surface area contributed by atoms with E-state index < -0.39 is 23.5 Å². The molecule has 0 radical (unpaired) electrons. The van der Waals surface area contributed by atoms with Gasteiger partial charge >= 0.3 is 0 Å². The highest BCUT2D eigenvalue weighted by Gasteiger charge is 2.11. The van der Waals surface area contributed by atoms with E-state index in [4.69, 9.17) is 10.2 Å². The van der Waals surface area contributed by atoms with Crippen molar-refractivity contribution in [3.05, 3.63) is 29.3 Å². The molecule has 0 unspecified atom stereocenters. The van der Waals surface area contributed by atoms with Gasteiger partial charge in [0.2, 0.25) is 0 Å². The molecule has 0 amide bonds. The minimum absolute atomic E-state index is 0.0283. The Morgan fingerprint density at radius 3 is 2.54 bits per heavy atom. The molecular formula is C9H10F2O2. The van der Waals surface area contributed by atoms with Crippen molar-refractivity contribution in [2.45, 2.75) is 19.4 Å². The van der Waals surface area contributed by atoms with Gasteiger partial charge < -0.3 is 10.2 Å². The van der Waals surface area contributed by atoms with Crippen LogP contribution in [0.25, 0.3) is 0 Å². The third-order valence-electron chi connectivity index (χ3n) is 1.62. The highest BCUT2D eigenvalue weighted by Crippen LogP contribution is 2.23. The van der Waals surface area contributed by atoms with E-state index in [-0.39, 0.29) is 12.0 Å². The molecule has 2 nitrogen and oxygen atoms in total. The molecule has 0 spiro atoms. The zero-order valence-corrected chi connectivity index (χ0v) is 7.09. The summed E-state index contributed by atoms with van der Waals surface area (Å²) in [5, 5.41) is 18.1. The lowest BCUT2D eigenvalue weighted by molar-refractivity contribution is 0.194. The summed E-state index contributed by atoms with van der Waals surface area (Å²) in [5.74, 6) is -2.36. The summed E-state index contributed by atoms with van der Waals surface area (Å²) < 4.78 is 25.3. The minimum Gasteiger partial charge on any atom is -0.505 e. The molecule has 1 atom stereocenters. The Labute approximate surface area is 74.4 Å². The van der Waals surface area contributed by atoms with Crippen LogP contribution in [0, 0.1) is 11.6 Å². The van der Waals surface area contributed by atoms with Gasteiger partial charge in [-0.1, -0.05) is 0 Å². The van der Waals surface area contributed by atoms with Gasteiger partial charge in [0.1, 0.15) is 5.82 Å². The van der Waals surface area contributed by atoms with Crippen molar-refractivity contribution in [2.75, 3.05) is 0 Å². The van der Waals surface area contributed by atoms with Gasteiger partial charge in [0, 0.05) is 18.1 Å². The minimum atomic E-state index is -1.00. The van der Waals surface area contributed by atoms with Crippen molar-refractivity contribution < 1.29 is 19.0 Å². The summed E-state index contributed by atoms with van der Waals surface area (Å²) in [7, 11) is 0. The number of hydrogen-bond acceptors (Lipinski definition) is 2. The second kappa shape index (κ2) is 3.70. The summed E-state index contributed by atoms with van der Waals surface area (Å²) in [6.45, 7) is 1.47. The van der Waals surface area contributed by atoms with Crippen LogP contribution in [0.2, 0.25) is 0 Å². The average Bonchev–Trinajstić information content (AvgIpc) is 1.98. The molecule has 0 aliphatic rings.